The van der Waals surface area contributed by atoms with E-state index in [0.29, 0.717) is 41.1 Å². The van der Waals surface area contributed by atoms with Gasteiger partial charge in [0.1, 0.15) is 17.1 Å². The maximum absolute atomic E-state index is 15.7. The molecule has 9 heteroatoms. The van der Waals surface area contributed by atoms with E-state index in [1.807, 2.05) is 0 Å². The molecule has 2 aliphatic heterocycles. The first-order chi connectivity index (χ1) is 16.8. The van der Waals surface area contributed by atoms with Gasteiger partial charge < -0.3 is 14.1 Å². The van der Waals surface area contributed by atoms with E-state index < -0.39 is 15.7 Å². The number of likely N-dealkylation sites (tertiary alicyclic amines) is 1. The Kier molecular flexibility index (Phi) is 5.01. The molecular formula is C26H21FN2O5S. The van der Waals surface area contributed by atoms with Crippen LogP contribution < -0.4 is 0 Å². The zero-order valence-electron chi connectivity index (χ0n) is 18.8. The summed E-state index contributed by atoms with van der Waals surface area (Å²) in [4.78, 5) is 19.4. The molecule has 0 spiro atoms. The third kappa shape index (κ3) is 3.71. The lowest BCUT2D eigenvalue weighted by molar-refractivity contribution is 0.0256. The maximum atomic E-state index is 15.7. The van der Waals surface area contributed by atoms with Crippen LogP contribution in [0.4, 0.5) is 4.39 Å². The summed E-state index contributed by atoms with van der Waals surface area (Å²) in [7, 11) is -3.32. The van der Waals surface area contributed by atoms with Gasteiger partial charge in [-0.05, 0) is 42.8 Å². The van der Waals surface area contributed by atoms with E-state index in [4.69, 9.17) is 9.15 Å². The van der Waals surface area contributed by atoms with Crippen LogP contribution in [0.1, 0.15) is 16.8 Å². The summed E-state index contributed by atoms with van der Waals surface area (Å²) in [6, 6.07) is 14.5. The third-order valence-electron chi connectivity index (χ3n) is 6.66. The first kappa shape index (κ1) is 21.9. The number of carbonyl (C=O) groups is 1. The number of aromatic nitrogens is 1. The van der Waals surface area contributed by atoms with E-state index in [-0.39, 0.29) is 34.1 Å². The molecule has 2 bridgehead atoms. The Bertz CT molecular complexity index is 1580. The van der Waals surface area contributed by atoms with E-state index in [2.05, 4.69) is 4.98 Å². The normalized spacial score (nSPS) is 19.5. The maximum Gasteiger partial charge on any atom is 0.257 e. The van der Waals surface area contributed by atoms with Crippen LogP contribution in [0.5, 0.6) is 0 Å². The van der Waals surface area contributed by atoms with Crippen molar-refractivity contribution in [3.8, 4) is 22.5 Å². The minimum Gasteiger partial charge on any atom is -0.454 e. The first-order valence-corrected chi connectivity index (χ1v) is 13.1. The van der Waals surface area contributed by atoms with Crippen molar-refractivity contribution in [2.45, 2.75) is 23.5 Å². The predicted molar refractivity (Wildman–Crippen MR) is 127 cm³/mol. The number of benzene rings is 2. The minimum absolute atomic E-state index is 0.00935. The molecule has 4 aromatic rings. The number of fused-ring (bicyclic) bond motifs is 3. The third-order valence-corrected chi connectivity index (χ3v) is 7.79. The molecule has 2 aliphatic rings. The number of hydrogen-bond donors (Lipinski definition) is 0. The molecule has 0 saturated carbocycles. The fraction of sp³-hybridized carbons (Fsp3) is 0.231. The van der Waals surface area contributed by atoms with Gasteiger partial charge in [-0.1, -0.05) is 12.1 Å². The van der Waals surface area contributed by atoms with E-state index in [1.165, 1.54) is 18.2 Å². The lowest BCUT2D eigenvalue weighted by Crippen LogP contribution is -2.41. The molecule has 4 heterocycles. The average molecular weight is 493 g/mol. The number of hydrogen-bond acceptors (Lipinski definition) is 6. The lowest BCUT2D eigenvalue weighted by Gasteiger charge is -2.27. The van der Waals surface area contributed by atoms with Gasteiger partial charge in [-0.2, -0.15) is 0 Å². The van der Waals surface area contributed by atoms with Crippen molar-refractivity contribution < 1.29 is 26.8 Å². The second-order valence-corrected chi connectivity index (χ2v) is 11.0. The van der Waals surface area contributed by atoms with Crippen molar-refractivity contribution in [1.82, 2.24) is 9.88 Å². The highest BCUT2D eigenvalue weighted by molar-refractivity contribution is 7.90. The van der Waals surface area contributed by atoms with Gasteiger partial charge in [0.2, 0.25) is 0 Å². The van der Waals surface area contributed by atoms with Gasteiger partial charge in [-0.15, -0.1) is 0 Å². The molecule has 2 atom stereocenters. The van der Waals surface area contributed by atoms with Crippen LogP contribution in [0.2, 0.25) is 0 Å². The smallest absolute Gasteiger partial charge is 0.257 e. The molecule has 2 aromatic carbocycles. The van der Waals surface area contributed by atoms with Crippen molar-refractivity contribution in [1.29, 1.82) is 0 Å². The zero-order valence-corrected chi connectivity index (χ0v) is 19.6. The number of pyridine rings is 1. The summed E-state index contributed by atoms with van der Waals surface area (Å²) in [5.74, 6) is -0.471. The largest absolute Gasteiger partial charge is 0.454 e. The number of halogens is 1. The predicted octanol–water partition coefficient (Wildman–Crippen LogP) is 4.32. The Balaban J connectivity index is 1.39. The van der Waals surface area contributed by atoms with Crippen molar-refractivity contribution in [3.63, 3.8) is 0 Å². The van der Waals surface area contributed by atoms with Crippen molar-refractivity contribution in [3.05, 3.63) is 72.2 Å². The highest BCUT2D eigenvalue weighted by Crippen LogP contribution is 2.36. The molecule has 0 unspecified atom stereocenters. The molecule has 35 heavy (non-hydrogen) atoms. The summed E-state index contributed by atoms with van der Waals surface area (Å²) in [6.07, 6.45) is 3.53. The molecule has 7 nitrogen and oxygen atoms in total. The van der Waals surface area contributed by atoms with Gasteiger partial charge in [-0.3, -0.25) is 9.78 Å². The van der Waals surface area contributed by atoms with Gasteiger partial charge in [0.25, 0.3) is 5.91 Å². The van der Waals surface area contributed by atoms with Crippen molar-refractivity contribution >= 4 is 26.8 Å². The van der Waals surface area contributed by atoms with Crippen LogP contribution in [0.25, 0.3) is 33.6 Å². The molecule has 178 valence electrons. The van der Waals surface area contributed by atoms with Gasteiger partial charge in [0.05, 0.1) is 29.2 Å². The summed E-state index contributed by atoms with van der Waals surface area (Å²) in [5, 5.41) is 0. The Morgan fingerprint density at radius 3 is 2.60 bits per heavy atom. The Morgan fingerprint density at radius 2 is 1.91 bits per heavy atom. The van der Waals surface area contributed by atoms with Crippen LogP contribution >= 0.6 is 0 Å². The van der Waals surface area contributed by atoms with Crippen LogP contribution in [0, 0.1) is 5.82 Å². The van der Waals surface area contributed by atoms with Crippen molar-refractivity contribution in [2.24, 2.45) is 0 Å². The van der Waals surface area contributed by atoms with E-state index >= 15 is 4.39 Å². The molecular weight excluding hydrogens is 471 g/mol. The summed E-state index contributed by atoms with van der Waals surface area (Å²) >= 11 is 0. The monoisotopic (exact) mass is 492 g/mol. The summed E-state index contributed by atoms with van der Waals surface area (Å²) < 4.78 is 50.9. The fourth-order valence-corrected chi connectivity index (χ4v) is 5.50. The van der Waals surface area contributed by atoms with E-state index in [9.17, 15) is 13.2 Å². The van der Waals surface area contributed by atoms with Crippen LogP contribution in [0.15, 0.2) is 70.1 Å². The molecule has 2 aromatic heterocycles. The average Bonchev–Trinajstić information content (AvgIpc) is 3.59. The topological polar surface area (TPSA) is 89.7 Å². The number of furan rings is 1. The Labute approximate surface area is 201 Å². The van der Waals surface area contributed by atoms with E-state index in [0.717, 1.165) is 12.7 Å². The minimum atomic E-state index is -3.32. The van der Waals surface area contributed by atoms with Gasteiger partial charge in [-0.25, -0.2) is 12.8 Å². The fourth-order valence-electron chi connectivity index (χ4n) is 4.87. The van der Waals surface area contributed by atoms with Crippen LogP contribution in [0.3, 0.4) is 0 Å². The number of ether oxygens (including phenoxy) is 1. The quantitative estimate of drug-likeness (QED) is 0.422. The molecule has 6 rings (SSSR count). The number of rotatable bonds is 4. The van der Waals surface area contributed by atoms with Gasteiger partial charge in [0.15, 0.2) is 15.4 Å². The summed E-state index contributed by atoms with van der Waals surface area (Å²) in [5.41, 5.74) is 2.31. The standard InChI is InChI=1S/C26H21FN2O5S/c1-35(31,32)18-7-5-15(6-8-18)23-12-22-25(34-23)20(9-10-28-22)19-3-2-4-21(24(19)27)26(30)29-13-17-11-16(29)14-33-17/h2-10,12,16-17H,11,13-14H2,1H3/t16-,17-/m0/s1. The molecule has 0 radical (unpaired) electrons. The number of nitrogens with zero attached hydrogens (tertiary/aromatic N) is 2. The van der Waals surface area contributed by atoms with Crippen molar-refractivity contribution in [2.75, 3.05) is 19.4 Å². The SMILES string of the molecule is CS(=O)(=O)c1ccc(-c2cc3nccc(-c4cccc(C(=O)N5C[C@@H]6C[C@H]5CO6)c4F)c3o2)cc1. The molecule has 2 saturated heterocycles. The Hall–Kier alpha value is -3.56. The highest BCUT2D eigenvalue weighted by Gasteiger charge is 2.42. The molecule has 0 aliphatic carbocycles. The van der Waals surface area contributed by atoms with Gasteiger partial charge in [0, 0.05) is 41.8 Å². The van der Waals surface area contributed by atoms with Crippen LogP contribution in [-0.2, 0) is 14.6 Å². The molecule has 1 amide bonds. The first-order valence-electron chi connectivity index (χ1n) is 11.2. The number of morpholine rings is 1. The number of carbonyl (C=O) groups excluding carboxylic acids is 1. The van der Waals surface area contributed by atoms with Crippen LogP contribution in [-0.4, -0.2) is 55.8 Å². The summed E-state index contributed by atoms with van der Waals surface area (Å²) in [6.45, 7) is 0.968. The Morgan fingerprint density at radius 1 is 1.11 bits per heavy atom. The zero-order chi connectivity index (χ0) is 24.3. The lowest BCUT2D eigenvalue weighted by atomic mass is 10.0. The molecule has 0 N–H and O–H groups in total. The second-order valence-electron chi connectivity index (χ2n) is 8.95. The highest BCUT2D eigenvalue weighted by atomic mass is 32.2. The number of amides is 1. The van der Waals surface area contributed by atoms with Gasteiger partial charge >= 0.3 is 0 Å². The number of sulfone groups is 1. The second kappa shape index (κ2) is 8.00. The molecule has 2 fully saturated rings. The van der Waals surface area contributed by atoms with E-state index in [1.54, 1.807) is 47.5 Å².